The second-order valence-electron chi connectivity index (χ2n) is 5.10. The molecule has 0 saturated heterocycles. The van der Waals surface area contributed by atoms with E-state index in [1.54, 1.807) is 0 Å². The second kappa shape index (κ2) is 5.30. The van der Waals surface area contributed by atoms with Gasteiger partial charge in [-0.3, -0.25) is 4.99 Å². The first kappa shape index (κ1) is 12.6. The zero-order valence-corrected chi connectivity index (χ0v) is 11.8. The largest absolute Gasteiger partial charge is 0.256 e. The van der Waals surface area contributed by atoms with Crippen LogP contribution in [-0.4, -0.2) is 6.21 Å². The number of hydrogen-bond donors (Lipinski definition) is 0. The Bertz CT molecular complexity index is 779. The van der Waals surface area contributed by atoms with Crippen LogP contribution in [0.25, 0.3) is 10.8 Å². The molecule has 3 aromatic rings. The Morgan fingerprint density at radius 3 is 2.45 bits per heavy atom. The molecule has 0 aromatic heterocycles. The normalized spacial score (nSPS) is 11.3. The van der Waals surface area contributed by atoms with E-state index in [-0.39, 0.29) is 0 Å². The summed E-state index contributed by atoms with van der Waals surface area (Å²) < 4.78 is 0. The van der Waals surface area contributed by atoms with Crippen molar-refractivity contribution in [3.63, 3.8) is 0 Å². The van der Waals surface area contributed by atoms with Crippen molar-refractivity contribution < 1.29 is 0 Å². The maximum Gasteiger partial charge on any atom is 0.0632 e. The molecule has 0 unspecified atom stereocenters. The van der Waals surface area contributed by atoms with E-state index in [2.05, 4.69) is 79.5 Å². The van der Waals surface area contributed by atoms with Gasteiger partial charge in [-0.25, -0.2) is 0 Å². The van der Waals surface area contributed by atoms with E-state index in [9.17, 15) is 0 Å². The average Bonchev–Trinajstić information content (AvgIpc) is 2.48. The molecule has 3 rings (SSSR count). The second-order valence-corrected chi connectivity index (χ2v) is 5.10. The lowest BCUT2D eigenvalue weighted by molar-refractivity contribution is 1.33. The van der Waals surface area contributed by atoms with Crippen LogP contribution in [0.15, 0.2) is 65.7 Å². The molecule has 98 valence electrons. The van der Waals surface area contributed by atoms with E-state index in [1.807, 2.05) is 6.21 Å². The molecule has 0 saturated carbocycles. The van der Waals surface area contributed by atoms with E-state index in [4.69, 9.17) is 0 Å². The summed E-state index contributed by atoms with van der Waals surface area (Å²) in [6, 6.07) is 21.0. The zero-order chi connectivity index (χ0) is 13.9. The Morgan fingerprint density at radius 1 is 0.800 bits per heavy atom. The third-order valence-electron chi connectivity index (χ3n) is 3.67. The van der Waals surface area contributed by atoms with E-state index in [0.29, 0.717) is 0 Å². The number of hydrogen-bond acceptors (Lipinski definition) is 1. The molecular weight excluding hydrogens is 242 g/mol. The van der Waals surface area contributed by atoms with Gasteiger partial charge < -0.3 is 0 Å². The van der Waals surface area contributed by atoms with Crippen LogP contribution in [0.1, 0.15) is 16.7 Å². The molecule has 0 amide bonds. The molecule has 0 heterocycles. The van der Waals surface area contributed by atoms with Crippen LogP contribution >= 0.6 is 0 Å². The number of aliphatic imine (C=N–C) groups is 1. The lowest BCUT2D eigenvalue weighted by Gasteiger charge is -2.02. The lowest BCUT2D eigenvalue weighted by Crippen LogP contribution is -1.84. The molecular formula is C19H17N. The highest BCUT2D eigenvalue weighted by Gasteiger charge is 1.98. The monoisotopic (exact) mass is 259 g/mol. The molecule has 0 N–H and O–H groups in total. The van der Waals surface area contributed by atoms with Gasteiger partial charge in [0.2, 0.25) is 0 Å². The van der Waals surface area contributed by atoms with Crippen LogP contribution in [0.5, 0.6) is 0 Å². The third-order valence-corrected chi connectivity index (χ3v) is 3.67. The van der Waals surface area contributed by atoms with E-state index in [0.717, 1.165) is 11.3 Å². The first-order chi connectivity index (χ1) is 9.74. The van der Waals surface area contributed by atoms with Gasteiger partial charge in [0, 0.05) is 11.8 Å². The van der Waals surface area contributed by atoms with Crippen LogP contribution in [0, 0.1) is 13.8 Å². The Morgan fingerprint density at radius 2 is 1.60 bits per heavy atom. The first-order valence-corrected chi connectivity index (χ1v) is 6.83. The van der Waals surface area contributed by atoms with Crippen LogP contribution in [0.3, 0.4) is 0 Å². The highest BCUT2D eigenvalue weighted by Crippen LogP contribution is 2.20. The summed E-state index contributed by atoms with van der Waals surface area (Å²) >= 11 is 0. The van der Waals surface area contributed by atoms with Gasteiger partial charge in [0.05, 0.1) is 5.69 Å². The van der Waals surface area contributed by atoms with Gasteiger partial charge in [-0.2, -0.15) is 0 Å². The molecule has 0 spiro atoms. The maximum absolute atomic E-state index is 4.60. The van der Waals surface area contributed by atoms with Gasteiger partial charge in [0.15, 0.2) is 0 Å². The SMILES string of the molecule is Cc1ccc(N=Cc2cccc3ccccc23)cc1C. The minimum Gasteiger partial charge on any atom is -0.256 e. The van der Waals surface area contributed by atoms with Gasteiger partial charge >= 0.3 is 0 Å². The van der Waals surface area contributed by atoms with E-state index in [1.165, 1.54) is 21.9 Å². The number of benzene rings is 3. The first-order valence-electron chi connectivity index (χ1n) is 6.83. The summed E-state index contributed by atoms with van der Waals surface area (Å²) in [6.07, 6.45) is 1.95. The molecule has 1 heteroatoms. The quantitative estimate of drug-likeness (QED) is 0.560. The van der Waals surface area contributed by atoms with Crippen molar-refractivity contribution in [1.82, 2.24) is 0 Å². The van der Waals surface area contributed by atoms with Crippen molar-refractivity contribution in [1.29, 1.82) is 0 Å². The smallest absolute Gasteiger partial charge is 0.0632 e. The number of fused-ring (bicyclic) bond motifs is 1. The van der Waals surface area contributed by atoms with Crippen molar-refractivity contribution in [3.8, 4) is 0 Å². The van der Waals surface area contributed by atoms with Gasteiger partial charge in [-0.05, 0) is 47.9 Å². The number of rotatable bonds is 2. The zero-order valence-electron chi connectivity index (χ0n) is 11.8. The minimum absolute atomic E-state index is 1.00. The van der Waals surface area contributed by atoms with Crippen molar-refractivity contribution >= 4 is 22.7 Å². The highest BCUT2D eigenvalue weighted by atomic mass is 14.7. The third kappa shape index (κ3) is 2.48. The van der Waals surface area contributed by atoms with Crippen molar-refractivity contribution in [2.24, 2.45) is 4.99 Å². The molecule has 0 aliphatic heterocycles. The molecule has 3 aromatic carbocycles. The number of aryl methyl sites for hydroxylation is 2. The highest BCUT2D eigenvalue weighted by molar-refractivity contribution is 6.00. The summed E-state index contributed by atoms with van der Waals surface area (Å²) in [5.74, 6) is 0. The molecule has 0 bridgehead atoms. The molecule has 0 fully saturated rings. The molecule has 1 nitrogen and oxygen atoms in total. The van der Waals surface area contributed by atoms with Crippen LogP contribution < -0.4 is 0 Å². The standard InChI is InChI=1S/C19H17N/c1-14-10-11-18(12-15(14)2)20-13-17-8-5-7-16-6-3-4-9-19(16)17/h3-13H,1-2H3. The molecule has 0 aliphatic carbocycles. The predicted octanol–water partition coefficient (Wildman–Crippen LogP) is 5.21. The Labute approximate surface area is 119 Å². The fourth-order valence-electron chi connectivity index (χ4n) is 2.31. The van der Waals surface area contributed by atoms with E-state index < -0.39 is 0 Å². The maximum atomic E-state index is 4.60. The van der Waals surface area contributed by atoms with Crippen molar-refractivity contribution in [2.45, 2.75) is 13.8 Å². The van der Waals surface area contributed by atoms with Crippen molar-refractivity contribution in [3.05, 3.63) is 77.4 Å². The van der Waals surface area contributed by atoms with Crippen LogP contribution in [0.2, 0.25) is 0 Å². The number of nitrogens with zero attached hydrogens (tertiary/aromatic N) is 1. The van der Waals surface area contributed by atoms with Gasteiger partial charge in [0.25, 0.3) is 0 Å². The summed E-state index contributed by atoms with van der Waals surface area (Å²) in [5.41, 5.74) is 4.73. The summed E-state index contributed by atoms with van der Waals surface area (Å²) in [6.45, 7) is 4.24. The fraction of sp³-hybridized carbons (Fsp3) is 0.105. The summed E-state index contributed by atoms with van der Waals surface area (Å²) in [5, 5.41) is 2.49. The molecule has 20 heavy (non-hydrogen) atoms. The molecule has 0 aliphatic rings. The Hall–Kier alpha value is -2.41. The summed E-state index contributed by atoms with van der Waals surface area (Å²) in [7, 11) is 0. The Balaban J connectivity index is 2.00. The van der Waals surface area contributed by atoms with E-state index >= 15 is 0 Å². The lowest BCUT2D eigenvalue weighted by atomic mass is 10.1. The van der Waals surface area contributed by atoms with Crippen LogP contribution in [-0.2, 0) is 0 Å². The van der Waals surface area contributed by atoms with Gasteiger partial charge in [-0.1, -0.05) is 48.5 Å². The predicted molar refractivity (Wildman–Crippen MR) is 87.1 cm³/mol. The average molecular weight is 259 g/mol. The fourth-order valence-corrected chi connectivity index (χ4v) is 2.31. The van der Waals surface area contributed by atoms with Gasteiger partial charge in [0.1, 0.15) is 0 Å². The van der Waals surface area contributed by atoms with Gasteiger partial charge in [-0.15, -0.1) is 0 Å². The van der Waals surface area contributed by atoms with Crippen molar-refractivity contribution in [2.75, 3.05) is 0 Å². The topological polar surface area (TPSA) is 12.4 Å². The molecule has 0 radical (unpaired) electrons. The minimum atomic E-state index is 1.00. The molecule has 0 atom stereocenters. The Kier molecular flexibility index (Phi) is 3.34. The summed E-state index contributed by atoms with van der Waals surface area (Å²) in [4.78, 5) is 4.60. The van der Waals surface area contributed by atoms with Crippen LogP contribution in [0.4, 0.5) is 5.69 Å².